The van der Waals surface area contributed by atoms with Crippen molar-refractivity contribution in [3.8, 4) is 5.75 Å². The van der Waals surface area contributed by atoms with E-state index < -0.39 is 22.8 Å². The van der Waals surface area contributed by atoms with Gasteiger partial charge in [-0.15, -0.1) is 0 Å². The van der Waals surface area contributed by atoms with Gasteiger partial charge in [-0.25, -0.2) is 19.2 Å². The fraction of sp³-hybridized carbons (Fsp3) is 0.318. The van der Waals surface area contributed by atoms with E-state index in [1.807, 2.05) is 11.8 Å². The van der Waals surface area contributed by atoms with Crippen LogP contribution in [0.3, 0.4) is 0 Å². The lowest BCUT2D eigenvalue weighted by Gasteiger charge is -2.27. The third kappa shape index (κ3) is 3.55. The van der Waals surface area contributed by atoms with E-state index in [9.17, 15) is 14.7 Å². The average molecular weight is 452 g/mol. The number of rotatable bonds is 4. The fourth-order valence-corrected chi connectivity index (χ4v) is 4.25. The first kappa shape index (κ1) is 20.9. The number of anilines is 2. The topological polar surface area (TPSA) is 136 Å². The average Bonchev–Trinajstić information content (AvgIpc) is 3.26. The Kier molecular flexibility index (Phi) is 4.95. The number of nitrogens with zero attached hydrogens (tertiary/aromatic N) is 5. The minimum absolute atomic E-state index is 0.00666. The van der Waals surface area contributed by atoms with Crippen LogP contribution >= 0.6 is 0 Å². The number of nitrogens with two attached hydrogens (primary N) is 1. The van der Waals surface area contributed by atoms with Gasteiger partial charge in [-0.3, -0.25) is 9.79 Å². The van der Waals surface area contributed by atoms with Crippen molar-refractivity contribution in [2.45, 2.75) is 19.4 Å². The number of carbonyl (C=O) groups is 1. The van der Waals surface area contributed by atoms with Gasteiger partial charge in [0.05, 0.1) is 35.0 Å². The molecule has 0 saturated carbocycles. The molecule has 1 unspecified atom stereocenters. The molecule has 0 spiro atoms. The number of aromatic nitrogens is 3. The Hall–Kier alpha value is -4.02. The van der Waals surface area contributed by atoms with Crippen LogP contribution in [0.5, 0.6) is 5.75 Å². The predicted molar refractivity (Wildman–Crippen MR) is 120 cm³/mol. The number of nitrogen functional groups attached to an aromatic ring is 1. The molecule has 1 aromatic carbocycles. The monoisotopic (exact) mass is 452 g/mol. The van der Waals surface area contributed by atoms with Crippen molar-refractivity contribution in [2.24, 2.45) is 10.9 Å². The summed E-state index contributed by atoms with van der Waals surface area (Å²) in [6.07, 6.45) is 6.84. The van der Waals surface area contributed by atoms with Gasteiger partial charge in [0.25, 0.3) is 0 Å². The van der Waals surface area contributed by atoms with Crippen molar-refractivity contribution < 1.29 is 19.0 Å². The molecule has 2 aliphatic heterocycles. The number of halogens is 1. The fourth-order valence-electron chi connectivity index (χ4n) is 4.25. The van der Waals surface area contributed by atoms with Gasteiger partial charge in [-0.05, 0) is 19.4 Å². The van der Waals surface area contributed by atoms with E-state index in [1.165, 1.54) is 6.20 Å². The third-order valence-electron chi connectivity index (χ3n) is 5.95. The van der Waals surface area contributed by atoms with Crippen LogP contribution in [0.15, 0.2) is 34.4 Å². The lowest BCUT2D eigenvalue weighted by molar-refractivity contribution is 0.0694. The molecule has 0 bridgehead atoms. The Morgan fingerprint density at radius 3 is 2.88 bits per heavy atom. The van der Waals surface area contributed by atoms with Gasteiger partial charge in [-0.1, -0.05) is 0 Å². The van der Waals surface area contributed by atoms with Crippen molar-refractivity contribution in [1.29, 1.82) is 0 Å². The van der Waals surface area contributed by atoms with E-state index in [4.69, 9.17) is 10.5 Å². The number of hydrogen-bond acceptors (Lipinski definition) is 8. The Morgan fingerprint density at radius 1 is 1.39 bits per heavy atom. The molecule has 2 aromatic heterocycles. The lowest BCUT2D eigenvalue weighted by atomic mass is 10.1. The summed E-state index contributed by atoms with van der Waals surface area (Å²) >= 11 is 0. The maximum atomic E-state index is 15.1. The van der Waals surface area contributed by atoms with Crippen LogP contribution in [0.25, 0.3) is 10.9 Å². The lowest BCUT2D eigenvalue weighted by Crippen LogP contribution is -2.26. The van der Waals surface area contributed by atoms with Crippen LogP contribution in [0.1, 0.15) is 29.7 Å². The molecule has 3 N–H and O–H groups in total. The smallest absolute Gasteiger partial charge is 0.341 e. The van der Waals surface area contributed by atoms with Gasteiger partial charge in [0.1, 0.15) is 17.9 Å². The van der Waals surface area contributed by atoms with E-state index in [-0.39, 0.29) is 35.4 Å². The van der Waals surface area contributed by atoms with Gasteiger partial charge < -0.3 is 25.0 Å². The highest BCUT2D eigenvalue weighted by molar-refractivity contribution is 5.97. The third-order valence-corrected chi connectivity index (χ3v) is 5.95. The van der Waals surface area contributed by atoms with E-state index in [0.29, 0.717) is 23.7 Å². The first-order valence-electron chi connectivity index (χ1n) is 10.5. The van der Waals surface area contributed by atoms with Gasteiger partial charge in [0.2, 0.25) is 11.4 Å². The van der Waals surface area contributed by atoms with E-state index in [0.717, 1.165) is 19.0 Å². The molecule has 170 valence electrons. The summed E-state index contributed by atoms with van der Waals surface area (Å²) in [5.74, 6) is -1.35. The molecule has 0 radical (unpaired) electrons. The summed E-state index contributed by atoms with van der Waals surface area (Å²) in [7, 11) is 0. The van der Waals surface area contributed by atoms with Gasteiger partial charge in [0, 0.05) is 31.4 Å². The van der Waals surface area contributed by atoms with Crippen molar-refractivity contribution >= 4 is 40.4 Å². The SMILES string of the molecule is C[C@H]1COc2c(N=CC3CCN(c4ncc(N)cn4)C3)c(F)cc3c(=O)c(C(=O)O)cn1c23. The number of carboxylic acids is 1. The molecule has 0 amide bonds. The molecular formula is C22H21FN6O4. The zero-order valence-corrected chi connectivity index (χ0v) is 17.7. The second kappa shape index (κ2) is 7.84. The molecule has 1 saturated heterocycles. The van der Waals surface area contributed by atoms with Gasteiger partial charge in [-0.2, -0.15) is 0 Å². The molecule has 1 fully saturated rings. The van der Waals surface area contributed by atoms with Crippen molar-refractivity contribution in [3.05, 3.63) is 46.3 Å². The zero-order chi connectivity index (χ0) is 23.3. The number of pyridine rings is 1. The maximum absolute atomic E-state index is 15.1. The molecule has 3 aromatic rings. The van der Waals surface area contributed by atoms with Gasteiger partial charge in [0.15, 0.2) is 11.6 Å². The Bertz CT molecular complexity index is 1350. The summed E-state index contributed by atoms with van der Waals surface area (Å²) in [5.41, 5.74) is 5.31. The molecule has 0 aliphatic carbocycles. The molecule has 2 atom stereocenters. The minimum atomic E-state index is -1.36. The van der Waals surface area contributed by atoms with Crippen LogP contribution in [0.2, 0.25) is 0 Å². The molecule has 11 heteroatoms. The molecule has 4 heterocycles. The number of carboxylic acid groups (broad SMARTS) is 1. The molecule has 2 aliphatic rings. The summed E-state index contributed by atoms with van der Waals surface area (Å²) in [4.78, 5) is 39.0. The number of benzene rings is 1. The Labute approximate surface area is 187 Å². The minimum Gasteiger partial charge on any atom is -0.487 e. The molecule has 33 heavy (non-hydrogen) atoms. The number of aromatic carboxylic acids is 1. The highest BCUT2D eigenvalue weighted by atomic mass is 19.1. The molecular weight excluding hydrogens is 431 g/mol. The van der Waals surface area contributed by atoms with Gasteiger partial charge >= 0.3 is 5.97 Å². The zero-order valence-electron chi connectivity index (χ0n) is 17.7. The second-order valence-electron chi connectivity index (χ2n) is 8.27. The van der Waals surface area contributed by atoms with Crippen molar-refractivity contribution in [3.63, 3.8) is 0 Å². The van der Waals surface area contributed by atoms with Crippen molar-refractivity contribution in [2.75, 3.05) is 30.3 Å². The normalized spacial score (nSPS) is 19.9. The Balaban J connectivity index is 1.51. The predicted octanol–water partition coefficient (Wildman–Crippen LogP) is 2.39. The quantitative estimate of drug-likeness (QED) is 0.576. The van der Waals surface area contributed by atoms with Crippen LogP contribution in [0.4, 0.5) is 21.7 Å². The summed E-state index contributed by atoms with van der Waals surface area (Å²) in [6.45, 7) is 3.36. The van der Waals surface area contributed by atoms with E-state index in [2.05, 4.69) is 15.0 Å². The second-order valence-corrected chi connectivity index (χ2v) is 8.27. The van der Waals surface area contributed by atoms with Crippen molar-refractivity contribution in [1.82, 2.24) is 14.5 Å². The Morgan fingerprint density at radius 2 is 2.15 bits per heavy atom. The first-order chi connectivity index (χ1) is 15.8. The summed E-state index contributed by atoms with van der Waals surface area (Å²) in [6, 6.07) is 0.811. The van der Waals surface area contributed by atoms with E-state index >= 15 is 4.39 Å². The highest BCUT2D eigenvalue weighted by Crippen LogP contribution is 2.41. The van der Waals surface area contributed by atoms with Crippen LogP contribution in [0, 0.1) is 11.7 Å². The highest BCUT2D eigenvalue weighted by Gasteiger charge is 2.28. The number of ether oxygens (including phenoxy) is 1. The first-order valence-corrected chi connectivity index (χ1v) is 10.5. The van der Waals surface area contributed by atoms with Crippen LogP contribution in [-0.4, -0.2) is 51.5 Å². The summed E-state index contributed by atoms with van der Waals surface area (Å²) < 4.78 is 22.5. The molecule has 5 rings (SSSR count). The van der Waals surface area contributed by atoms with Crippen LogP contribution < -0.4 is 20.8 Å². The number of hydrogen-bond donors (Lipinski definition) is 2. The largest absolute Gasteiger partial charge is 0.487 e. The number of aliphatic imine (C=N–C) groups is 1. The maximum Gasteiger partial charge on any atom is 0.341 e. The summed E-state index contributed by atoms with van der Waals surface area (Å²) in [5, 5.41) is 9.34. The molecule has 10 nitrogen and oxygen atoms in total. The standard InChI is InChI=1S/C22H21FN6O4/c1-11-10-33-20-17(16(23)4-14-18(20)29(11)9-15(19(14)30)21(31)32)25-5-12-2-3-28(8-12)22-26-6-13(24)7-27-22/h4-7,9,11-12H,2-3,8,10,24H2,1H3,(H,31,32)/t11-,12?/m0/s1. The van der Waals surface area contributed by atoms with Crippen LogP contribution in [-0.2, 0) is 0 Å². The van der Waals surface area contributed by atoms with E-state index in [1.54, 1.807) is 23.2 Å².